The lowest BCUT2D eigenvalue weighted by Crippen LogP contribution is -2.21. The maximum Gasteiger partial charge on any atom is 0.303 e. The molecular formula is C13H18N4O2. The molecule has 0 saturated heterocycles. The van der Waals surface area contributed by atoms with Crippen molar-refractivity contribution in [1.29, 1.82) is 0 Å². The Labute approximate surface area is 111 Å². The summed E-state index contributed by atoms with van der Waals surface area (Å²) in [5, 5.41) is 17.2. The third kappa shape index (κ3) is 2.89. The highest BCUT2D eigenvalue weighted by atomic mass is 16.4. The molecule has 6 nitrogen and oxygen atoms in total. The standard InChI is InChI=1S/C13H18N4O2/c1-8-5-10-15-16-11(17(10)9(2)14-8)6-13(3,4)7-12(18)19/h5H,6-7H2,1-4H3,(H,18,19). The zero-order valence-corrected chi connectivity index (χ0v) is 11.6. The van der Waals surface area contributed by atoms with Gasteiger partial charge in [-0.15, -0.1) is 10.2 Å². The van der Waals surface area contributed by atoms with Crippen molar-refractivity contribution in [3.05, 3.63) is 23.4 Å². The zero-order valence-electron chi connectivity index (χ0n) is 11.6. The minimum absolute atomic E-state index is 0.0975. The van der Waals surface area contributed by atoms with Crippen LogP contribution in [0.4, 0.5) is 0 Å². The topological polar surface area (TPSA) is 80.4 Å². The number of nitrogens with zero attached hydrogens (tertiary/aromatic N) is 4. The van der Waals surface area contributed by atoms with E-state index in [1.54, 1.807) is 0 Å². The molecule has 0 fully saturated rings. The van der Waals surface area contributed by atoms with Gasteiger partial charge in [-0.1, -0.05) is 13.8 Å². The average Bonchev–Trinajstić information content (AvgIpc) is 2.57. The average molecular weight is 262 g/mol. The van der Waals surface area contributed by atoms with Crippen molar-refractivity contribution in [1.82, 2.24) is 19.6 Å². The first kappa shape index (κ1) is 13.5. The molecule has 6 heteroatoms. The number of aliphatic carboxylic acids is 1. The molecule has 0 atom stereocenters. The van der Waals surface area contributed by atoms with Gasteiger partial charge >= 0.3 is 5.97 Å². The van der Waals surface area contributed by atoms with Crippen molar-refractivity contribution in [3.8, 4) is 0 Å². The van der Waals surface area contributed by atoms with Crippen molar-refractivity contribution >= 4 is 11.6 Å². The van der Waals surface area contributed by atoms with Crippen LogP contribution in [0, 0.1) is 19.3 Å². The van der Waals surface area contributed by atoms with Crippen molar-refractivity contribution < 1.29 is 9.90 Å². The van der Waals surface area contributed by atoms with Gasteiger partial charge in [0.1, 0.15) is 11.6 Å². The maximum atomic E-state index is 10.9. The molecule has 0 saturated carbocycles. The van der Waals surface area contributed by atoms with Crippen LogP contribution in [-0.2, 0) is 11.2 Å². The molecule has 1 N–H and O–H groups in total. The predicted octanol–water partition coefficient (Wildman–Crippen LogP) is 1.78. The molecule has 102 valence electrons. The second-order valence-corrected chi connectivity index (χ2v) is 5.67. The Morgan fingerprint density at radius 1 is 1.37 bits per heavy atom. The number of aryl methyl sites for hydroxylation is 2. The molecule has 0 radical (unpaired) electrons. The van der Waals surface area contributed by atoms with Gasteiger partial charge in [-0.3, -0.25) is 9.20 Å². The number of carbonyl (C=O) groups is 1. The molecule has 0 aromatic carbocycles. The summed E-state index contributed by atoms with van der Waals surface area (Å²) < 4.78 is 1.89. The Hall–Kier alpha value is -1.98. The Morgan fingerprint density at radius 3 is 2.68 bits per heavy atom. The highest BCUT2D eigenvalue weighted by Crippen LogP contribution is 2.25. The minimum atomic E-state index is -0.801. The van der Waals surface area contributed by atoms with Crippen LogP contribution in [0.3, 0.4) is 0 Å². The number of carboxylic acids is 1. The maximum absolute atomic E-state index is 10.9. The molecule has 2 rings (SSSR count). The molecule has 0 unspecified atom stereocenters. The summed E-state index contributed by atoms with van der Waals surface area (Å²) in [4.78, 5) is 15.3. The van der Waals surface area contributed by atoms with E-state index in [0.717, 1.165) is 23.0 Å². The summed E-state index contributed by atoms with van der Waals surface area (Å²) in [7, 11) is 0. The van der Waals surface area contributed by atoms with Crippen LogP contribution in [0.1, 0.15) is 37.6 Å². The van der Waals surface area contributed by atoms with E-state index < -0.39 is 5.97 Å². The van der Waals surface area contributed by atoms with Crippen molar-refractivity contribution in [2.45, 2.75) is 40.5 Å². The summed E-state index contributed by atoms with van der Waals surface area (Å²) in [5.74, 6) is 0.775. The van der Waals surface area contributed by atoms with E-state index in [0.29, 0.717) is 6.42 Å². The summed E-state index contributed by atoms with van der Waals surface area (Å²) >= 11 is 0. The predicted molar refractivity (Wildman–Crippen MR) is 70.0 cm³/mol. The normalized spacial score (nSPS) is 12.0. The van der Waals surface area contributed by atoms with E-state index >= 15 is 0 Å². The highest BCUT2D eigenvalue weighted by molar-refractivity contribution is 5.67. The third-order valence-corrected chi connectivity index (χ3v) is 3.02. The van der Waals surface area contributed by atoms with Crippen molar-refractivity contribution in [2.75, 3.05) is 0 Å². The van der Waals surface area contributed by atoms with Crippen LogP contribution in [0.2, 0.25) is 0 Å². The number of hydrogen-bond donors (Lipinski definition) is 1. The van der Waals surface area contributed by atoms with Crippen LogP contribution in [0.5, 0.6) is 0 Å². The number of carboxylic acid groups (broad SMARTS) is 1. The van der Waals surface area contributed by atoms with Crippen LogP contribution < -0.4 is 0 Å². The van der Waals surface area contributed by atoms with Crippen LogP contribution in [0.25, 0.3) is 5.65 Å². The Bertz CT molecular complexity index is 631. The first-order valence-electron chi connectivity index (χ1n) is 6.18. The molecule has 0 amide bonds. The van der Waals surface area contributed by atoms with E-state index in [4.69, 9.17) is 5.11 Å². The monoisotopic (exact) mass is 262 g/mol. The zero-order chi connectivity index (χ0) is 14.2. The third-order valence-electron chi connectivity index (χ3n) is 3.02. The van der Waals surface area contributed by atoms with Crippen LogP contribution in [-0.4, -0.2) is 30.7 Å². The fraction of sp³-hybridized carbons (Fsp3) is 0.538. The van der Waals surface area contributed by atoms with Crippen LogP contribution >= 0.6 is 0 Å². The fourth-order valence-electron chi connectivity index (χ4n) is 2.32. The molecule has 2 aromatic rings. The number of aromatic nitrogens is 4. The van der Waals surface area contributed by atoms with Gasteiger partial charge in [-0.05, 0) is 19.3 Å². The lowest BCUT2D eigenvalue weighted by Gasteiger charge is -2.21. The lowest BCUT2D eigenvalue weighted by molar-refractivity contribution is -0.139. The second-order valence-electron chi connectivity index (χ2n) is 5.67. The van der Waals surface area contributed by atoms with E-state index in [-0.39, 0.29) is 11.8 Å². The van der Waals surface area contributed by atoms with E-state index in [1.807, 2.05) is 38.2 Å². The number of hydrogen-bond acceptors (Lipinski definition) is 4. The van der Waals surface area contributed by atoms with E-state index in [2.05, 4.69) is 15.2 Å². The molecular weight excluding hydrogens is 244 g/mol. The second kappa shape index (κ2) is 4.60. The molecule has 0 aliphatic heterocycles. The van der Waals surface area contributed by atoms with Crippen LogP contribution in [0.15, 0.2) is 6.07 Å². The smallest absolute Gasteiger partial charge is 0.303 e. The molecule has 2 heterocycles. The van der Waals surface area contributed by atoms with E-state index in [9.17, 15) is 4.79 Å². The first-order chi connectivity index (χ1) is 8.78. The quantitative estimate of drug-likeness (QED) is 0.908. The molecule has 2 aromatic heterocycles. The largest absolute Gasteiger partial charge is 0.481 e. The van der Waals surface area contributed by atoms with Gasteiger partial charge in [0.05, 0.1) is 6.42 Å². The Morgan fingerprint density at radius 2 is 2.05 bits per heavy atom. The molecule has 19 heavy (non-hydrogen) atoms. The summed E-state index contributed by atoms with van der Waals surface area (Å²) in [5.41, 5.74) is 1.28. The summed E-state index contributed by atoms with van der Waals surface area (Å²) in [6.07, 6.45) is 0.645. The van der Waals surface area contributed by atoms with Gasteiger partial charge in [0.15, 0.2) is 5.65 Å². The lowest BCUT2D eigenvalue weighted by atomic mass is 9.85. The Balaban J connectivity index is 2.39. The Kier molecular flexibility index (Phi) is 3.26. The molecule has 0 spiro atoms. The van der Waals surface area contributed by atoms with Crippen molar-refractivity contribution in [2.24, 2.45) is 5.41 Å². The molecule has 0 bridgehead atoms. The fourth-order valence-corrected chi connectivity index (χ4v) is 2.32. The summed E-state index contributed by atoms with van der Waals surface area (Å²) in [6, 6.07) is 1.87. The van der Waals surface area contributed by atoms with Gasteiger partial charge in [-0.25, -0.2) is 4.98 Å². The highest BCUT2D eigenvalue weighted by Gasteiger charge is 2.25. The minimum Gasteiger partial charge on any atom is -0.481 e. The molecule has 0 aliphatic carbocycles. The van der Waals surface area contributed by atoms with Gasteiger partial charge in [-0.2, -0.15) is 0 Å². The van der Waals surface area contributed by atoms with Gasteiger partial charge in [0.25, 0.3) is 0 Å². The number of fused-ring (bicyclic) bond motifs is 1. The van der Waals surface area contributed by atoms with Gasteiger partial charge in [0.2, 0.25) is 0 Å². The molecule has 0 aliphatic rings. The SMILES string of the molecule is Cc1cc2nnc(CC(C)(C)CC(=O)O)n2c(C)n1. The van der Waals surface area contributed by atoms with Gasteiger partial charge in [0, 0.05) is 18.2 Å². The van der Waals surface area contributed by atoms with Crippen molar-refractivity contribution in [3.63, 3.8) is 0 Å². The first-order valence-corrected chi connectivity index (χ1v) is 6.18. The van der Waals surface area contributed by atoms with E-state index in [1.165, 1.54) is 0 Å². The van der Waals surface area contributed by atoms with Gasteiger partial charge < -0.3 is 5.11 Å². The number of rotatable bonds is 4. The summed E-state index contributed by atoms with van der Waals surface area (Å²) in [6.45, 7) is 7.64.